The zero-order chi connectivity index (χ0) is 40.1. The topological polar surface area (TPSA) is 109 Å². The lowest BCUT2D eigenvalue weighted by Crippen LogP contribution is -2.03. The highest BCUT2D eigenvalue weighted by Gasteiger charge is 2.15. The van der Waals surface area contributed by atoms with E-state index in [-0.39, 0.29) is 0 Å². The molecule has 8 nitrogen and oxygen atoms in total. The molecule has 0 radical (unpaired) electrons. The van der Waals surface area contributed by atoms with E-state index < -0.39 is 11.9 Å². The van der Waals surface area contributed by atoms with Crippen molar-refractivity contribution in [3.63, 3.8) is 0 Å². The third-order valence-corrected chi connectivity index (χ3v) is 9.17. The second-order valence-electron chi connectivity index (χ2n) is 13.2. The number of nitrogens with zero attached hydrogens (tertiary/aromatic N) is 2. The summed E-state index contributed by atoms with van der Waals surface area (Å²) in [7, 11) is 0. The smallest absolute Gasteiger partial charge is 0.332 e. The van der Waals surface area contributed by atoms with E-state index in [4.69, 9.17) is 9.68 Å². The zero-order valence-corrected chi connectivity index (χ0v) is 32.0. The lowest BCUT2D eigenvalue weighted by molar-refractivity contribution is -0.141. The molecule has 284 valence electrons. The number of para-hydroxylation sites is 2. The van der Waals surface area contributed by atoms with Gasteiger partial charge in [-0.25, -0.2) is 9.59 Å². The zero-order valence-electron chi connectivity index (χ0n) is 32.0. The highest BCUT2D eigenvalue weighted by molar-refractivity contribution is 6.16. The molecule has 8 rings (SSSR count). The van der Waals surface area contributed by atoms with E-state index in [0.717, 1.165) is 66.3 Å². The number of aromatic nitrogens is 2. The summed E-state index contributed by atoms with van der Waals surface area (Å²) in [5, 5.41) is 10.5. The lowest BCUT2D eigenvalue weighted by atomic mass is 9.95. The van der Waals surface area contributed by atoms with Crippen LogP contribution in [0.3, 0.4) is 0 Å². The molecule has 2 heterocycles. The number of aromatic amines is 2. The van der Waals surface area contributed by atoms with Crippen molar-refractivity contribution in [1.82, 2.24) is 9.97 Å². The Morgan fingerprint density at radius 2 is 0.741 bits per heavy atom. The number of carbonyl (C=O) groups is 2. The largest absolute Gasteiger partial charge is 0.361 e. The minimum absolute atomic E-state index is 0.458. The summed E-state index contributed by atoms with van der Waals surface area (Å²) >= 11 is 0. The third kappa shape index (κ3) is 9.50. The fraction of sp³-hybridized carbons (Fsp3) is 0.0400. The minimum Gasteiger partial charge on any atom is -0.361 e. The Balaban J connectivity index is 0.000000177. The number of oxime groups is 2. The van der Waals surface area contributed by atoms with Gasteiger partial charge in [0.25, 0.3) is 0 Å². The van der Waals surface area contributed by atoms with Crippen molar-refractivity contribution in [3.05, 3.63) is 228 Å². The van der Waals surface area contributed by atoms with Gasteiger partial charge in [0.15, 0.2) is 0 Å². The Kier molecular flexibility index (Phi) is 12.4. The highest BCUT2D eigenvalue weighted by Crippen LogP contribution is 2.32. The number of H-pyrrole nitrogens is 2. The number of hydrogen-bond acceptors (Lipinski definition) is 6. The molecule has 6 aromatic carbocycles. The standard InChI is InChI=1S/2C25H20N2O2/c2*1-18(28)29-27-25(20-12-6-3-7-13-20)16-22(19-10-4-2-5-11-19)23-17-26-24-15-9-8-14-21(23)24/h2*2-17,26H,1H3/b2*22-16-,27-25+. The first kappa shape index (κ1) is 38.4. The average molecular weight is 761 g/mol. The molecule has 0 bridgehead atoms. The Morgan fingerprint density at radius 1 is 0.431 bits per heavy atom. The number of allylic oxidation sites excluding steroid dienone is 2. The van der Waals surface area contributed by atoms with E-state index in [9.17, 15) is 9.59 Å². The monoisotopic (exact) mass is 760 g/mol. The molecule has 0 aliphatic rings. The van der Waals surface area contributed by atoms with Crippen LogP contribution < -0.4 is 0 Å². The van der Waals surface area contributed by atoms with E-state index in [1.807, 2.05) is 158 Å². The van der Waals surface area contributed by atoms with Crippen LogP contribution in [0.1, 0.15) is 47.2 Å². The normalized spacial score (nSPS) is 12.2. The van der Waals surface area contributed by atoms with Gasteiger partial charge in [-0.3, -0.25) is 0 Å². The van der Waals surface area contributed by atoms with E-state index >= 15 is 0 Å². The van der Waals surface area contributed by atoms with Crippen molar-refractivity contribution in [2.45, 2.75) is 13.8 Å². The maximum atomic E-state index is 11.4. The number of carbonyl (C=O) groups excluding carboxylic acids is 2. The quantitative estimate of drug-likeness (QED) is 0.0821. The molecule has 0 atom stereocenters. The molecule has 0 aliphatic heterocycles. The van der Waals surface area contributed by atoms with Gasteiger partial charge >= 0.3 is 11.9 Å². The van der Waals surface area contributed by atoms with Crippen LogP contribution in [0.5, 0.6) is 0 Å². The molecule has 8 heteroatoms. The fourth-order valence-electron chi connectivity index (χ4n) is 6.50. The van der Waals surface area contributed by atoms with Crippen LogP contribution in [0.4, 0.5) is 0 Å². The molecule has 0 amide bonds. The number of fused-ring (bicyclic) bond motifs is 2. The van der Waals surface area contributed by atoms with Gasteiger partial charge in [-0.1, -0.05) is 168 Å². The molecular weight excluding hydrogens is 721 g/mol. The van der Waals surface area contributed by atoms with E-state index in [2.05, 4.69) is 56.7 Å². The molecule has 0 spiro atoms. The summed E-state index contributed by atoms with van der Waals surface area (Å²) in [6, 6.07) is 55.9. The molecular formula is C50H40N4O4. The van der Waals surface area contributed by atoms with Gasteiger partial charge < -0.3 is 19.6 Å². The summed E-state index contributed by atoms with van der Waals surface area (Å²) in [6.07, 6.45) is 7.92. The predicted molar refractivity (Wildman–Crippen MR) is 233 cm³/mol. The molecule has 0 saturated carbocycles. The molecule has 58 heavy (non-hydrogen) atoms. The van der Waals surface area contributed by atoms with Crippen molar-refractivity contribution < 1.29 is 19.3 Å². The van der Waals surface area contributed by atoms with Crippen LogP contribution in [0.25, 0.3) is 33.0 Å². The maximum absolute atomic E-state index is 11.4. The molecule has 8 aromatic rings. The van der Waals surface area contributed by atoms with Crippen molar-refractivity contribution in [1.29, 1.82) is 0 Å². The van der Waals surface area contributed by atoms with Crippen molar-refractivity contribution in [2.75, 3.05) is 0 Å². The van der Waals surface area contributed by atoms with Crippen LogP contribution in [-0.4, -0.2) is 33.3 Å². The van der Waals surface area contributed by atoms with E-state index in [0.29, 0.717) is 11.4 Å². The van der Waals surface area contributed by atoms with Crippen LogP contribution in [0, 0.1) is 0 Å². The first-order valence-electron chi connectivity index (χ1n) is 18.7. The summed E-state index contributed by atoms with van der Waals surface area (Å²) in [5.74, 6) is -0.916. The second-order valence-corrected chi connectivity index (χ2v) is 13.2. The molecule has 0 saturated heterocycles. The summed E-state index contributed by atoms with van der Waals surface area (Å²) in [5.41, 5.74) is 11.2. The van der Waals surface area contributed by atoms with Crippen molar-refractivity contribution >= 4 is 56.3 Å². The minimum atomic E-state index is -0.458. The van der Waals surface area contributed by atoms with Gasteiger partial charge in [0.05, 0.1) is 0 Å². The summed E-state index contributed by atoms with van der Waals surface area (Å²) < 4.78 is 0. The first-order valence-corrected chi connectivity index (χ1v) is 18.7. The van der Waals surface area contributed by atoms with E-state index in [1.54, 1.807) is 0 Å². The summed E-state index contributed by atoms with van der Waals surface area (Å²) in [4.78, 5) is 39.4. The van der Waals surface area contributed by atoms with Crippen LogP contribution in [0.2, 0.25) is 0 Å². The molecule has 0 fully saturated rings. The van der Waals surface area contributed by atoms with Crippen LogP contribution >= 0.6 is 0 Å². The SMILES string of the molecule is CC(=O)O/N=C(\C=C(\c1ccccc1)c1c[nH]c2ccccc12)c1ccccc1.CC(=O)O/N=C(\C=C(\c1ccccc1)c1c[nH]c2ccccc12)c1ccccc1. The van der Waals surface area contributed by atoms with Gasteiger partial charge in [0.1, 0.15) is 11.4 Å². The molecule has 0 unspecified atom stereocenters. The predicted octanol–water partition coefficient (Wildman–Crippen LogP) is 11.1. The Labute approximate surface area is 336 Å². The number of benzene rings is 6. The number of rotatable bonds is 10. The Morgan fingerprint density at radius 3 is 1.09 bits per heavy atom. The van der Waals surface area contributed by atoms with Crippen molar-refractivity contribution in [2.24, 2.45) is 10.3 Å². The van der Waals surface area contributed by atoms with Crippen molar-refractivity contribution in [3.8, 4) is 0 Å². The van der Waals surface area contributed by atoms with Gasteiger partial charge in [0.2, 0.25) is 0 Å². The van der Waals surface area contributed by atoms with Crippen LogP contribution in [-0.2, 0) is 19.3 Å². The van der Waals surface area contributed by atoms with Gasteiger partial charge in [-0.2, -0.15) is 0 Å². The summed E-state index contributed by atoms with van der Waals surface area (Å²) in [6.45, 7) is 2.68. The third-order valence-electron chi connectivity index (χ3n) is 9.17. The fourth-order valence-corrected chi connectivity index (χ4v) is 6.50. The number of hydrogen-bond donors (Lipinski definition) is 2. The maximum Gasteiger partial charge on any atom is 0.332 e. The molecule has 2 N–H and O–H groups in total. The average Bonchev–Trinajstić information content (AvgIpc) is 3.90. The molecule has 0 aliphatic carbocycles. The first-order chi connectivity index (χ1) is 28.4. The molecule has 2 aromatic heterocycles. The Bertz CT molecular complexity index is 2570. The Hall–Kier alpha value is -7.84. The van der Waals surface area contributed by atoms with Gasteiger partial charge in [-0.15, -0.1) is 0 Å². The lowest BCUT2D eigenvalue weighted by Gasteiger charge is -2.09. The van der Waals surface area contributed by atoms with Crippen LogP contribution in [0.15, 0.2) is 205 Å². The van der Waals surface area contributed by atoms with E-state index in [1.165, 1.54) is 13.8 Å². The highest BCUT2D eigenvalue weighted by atomic mass is 16.7. The number of nitrogens with one attached hydrogen (secondary N) is 2. The van der Waals surface area contributed by atoms with Gasteiger partial charge in [0, 0.05) is 70.3 Å². The van der Waals surface area contributed by atoms with Gasteiger partial charge in [-0.05, 0) is 46.6 Å². The second kappa shape index (κ2) is 18.7.